The number of ether oxygens (including phenoxy) is 1. The maximum absolute atomic E-state index is 12.5. The van der Waals surface area contributed by atoms with Gasteiger partial charge in [-0.1, -0.05) is 416 Å². The molecule has 0 saturated carbocycles. The van der Waals surface area contributed by atoms with E-state index in [1.807, 2.05) is 6.08 Å². The summed E-state index contributed by atoms with van der Waals surface area (Å²) in [6, 6.07) is -0.624. The lowest BCUT2D eigenvalue weighted by Gasteiger charge is -2.20. The third-order valence-electron chi connectivity index (χ3n) is 19.2. The number of amides is 1. The summed E-state index contributed by atoms with van der Waals surface area (Å²) in [5.41, 5.74) is 0. The number of esters is 1. The number of rotatable bonds is 77. The van der Waals surface area contributed by atoms with Gasteiger partial charge >= 0.3 is 5.97 Å². The maximum Gasteiger partial charge on any atom is 0.305 e. The molecule has 0 aliphatic rings. The smallest absolute Gasteiger partial charge is 0.305 e. The molecule has 0 aromatic heterocycles. The summed E-state index contributed by atoms with van der Waals surface area (Å²) in [7, 11) is 0. The molecule has 0 aliphatic carbocycles. The first-order chi connectivity index (χ1) is 44.0. The number of hydrogen-bond donors (Lipinski definition) is 3. The number of nitrogens with one attached hydrogen (secondary N) is 1. The molecule has 0 saturated heterocycles. The van der Waals surface area contributed by atoms with Crippen LogP contribution in [0, 0.1) is 0 Å². The zero-order valence-corrected chi connectivity index (χ0v) is 60.4. The Hall–Kier alpha value is -1.92. The second kappa shape index (κ2) is 78.5. The Labute approximate surface area is 557 Å². The summed E-state index contributed by atoms with van der Waals surface area (Å²) < 4.78 is 5.51. The fourth-order valence-corrected chi connectivity index (χ4v) is 13.0. The van der Waals surface area contributed by atoms with Crippen molar-refractivity contribution in [2.45, 2.75) is 469 Å². The van der Waals surface area contributed by atoms with Gasteiger partial charge in [-0.3, -0.25) is 9.59 Å². The molecule has 6 nitrogen and oxygen atoms in total. The third kappa shape index (κ3) is 75.0. The lowest BCUT2D eigenvalue weighted by molar-refractivity contribution is -0.143. The Morgan fingerprint density at radius 2 is 0.562 bits per heavy atom. The van der Waals surface area contributed by atoms with E-state index in [2.05, 4.69) is 43.5 Å². The summed E-state index contributed by atoms with van der Waals surface area (Å²) in [6.07, 6.45) is 103. The Balaban J connectivity index is 3.31. The van der Waals surface area contributed by atoms with E-state index >= 15 is 0 Å². The third-order valence-corrected chi connectivity index (χ3v) is 19.2. The molecular weight excluding hydrogens is 1090 g/mol. The van der Waals surface area contributed by atoms with Crippen LogP contribution in [0.1, 0.15) is 457 Å². The molecule has 2 unspecified atom stereocenters. The largest absolute Gasteiger partial charge is 0.466 e. The number of unbranched alkanes of at least 4 members (excludes halogenated alkanes) is 62. The fourth-order valence-electron chi connectivity index (χ4n) is 13.0. The SMILES string of the molecule is CCCCCC/C=C\C/C=C\CCCCCCCCCC(=O)OCCCCCCCCCCCCCCCCCCCCCCCCCCCCCCCCCCCCCCCC(=O)NC(CO)C(O)/C=C/CCCCCCCCCCCCCCCCC. The van der Waals surface area contributed by atoms with Gasteiger partial charge in [0, 0.05) is 12.8 Å². The van der Waals surface area contributed by atoms with Crippen molar-refractivity contribution in [3.8, 4) is 0 Å². The van der Waals surface area contributed by atoms with Crippen molar-refractivity contribution < 1.29 is 24.5 Å². The molecule has 0 aromatic rings. The van der Waals surface area contributed by atoms with Gasteiger partial charge in [-0.15, -0.1) is 0 Å². The second-order valence-electron chi connectivity index (χ2n) is 28.1. The van der Waals surface area contributed by atoms with Crippen LogP contribution < -0.4 is 5.32 Å². The summed E-state index contributed by atoms with van der Waals surface area (Å²) in [5, 5.41) is 23.2. The minimum Gasteiger partial charge on any atom is -0.466 e. The van der Waals surface area contributed by atoms with Gasteiger partial charge in [-0.25, -0.2) is 0 Å². The maximum atomic E-state index is 12.5. The minimum absolute atomic E-state index is 0.0165. The predicted octanol–water partition coefficient (Wildman–Crippen LogP) is 27.0. The molecule has 89 heavy (non-hydrogen) atoms. The van der Waals surface area contributed by atoms with Crippen molar-refractivity contribution in [1.29, 1.82) is 0 Å². The van der Waals surface area contributed by atoms with Gasteiger partial charge in [0.1, 0.15) is 0 Å². The van der Waals surface area contributed by atoms with E-state index in [-0.39, 0.29) is 18.5 Å². The average molecular weight is 1250 g/mol. The number of carbonyl (C=O) groups is 2. The Kier molecular flexibility index (Phi) is 76.8. The van der Waals surface area contributed by atoms with Crippen molar-refractivity contribution in [3.05, 3.63) is 36.5 Å². The topological polar surface area (TPSA) is 95.9 Å². The van der Waals surface area contributed by atoms with Crippen LogP contribution in [0.4, 0.5) is 0 Å². The van der Waals surface area contributed by atoms with Crippen LogP contribution in [0.25, 0.3) is 0 Å². The first-order valence-corrected chi connectivity index (χ1v) is 40.8. The first kappa shape index (κ1) is 87.1. The number of hydrogen-bond acceptors (Lipinski definition) is 5. The summed E-state index contributed by atoms with van der Waals surface area (Å²) in [5.74, 6) is -0.0421. The van der Waals surface area contributed by atoms with E-state index in [9.17, 15) is 19.8 Å². The zero-order chi connectivity index (χ0) is 64.2. The van der Waals surface area contributed by atoms with Crippen molar-refractivity contribution in [3.63, 3.8) is 0 Å². The van der Waals surface area contributed by atoms with Crippen molar-refractivity contribution in [2.75, 3.05) is 13.2 Å². The highest BCUT2D eigenvalue weighted by molar-refractivity contribution is 5.76. The predicted molar refractivity (Wildman–Crippen MR) is 393 cm³/mol. The van der Waals surface area contributed by atoms with Gasteiger partial charge < -0.3 is 20.3 Å². The quantitative estimate of drug-likeness (QED) is 0.0320. The second-order valence-corrected chi connectivity index (χ2v) is 28.1. The number of allylic oxidation sites excluding steroid dienone is 5. The highest BCUT2D eigenvalue weighted by Gasteiger charge is 2.18. The highest BCUT2D eigenvalue weighted by atomic mass is 16.5. The molecule has 1 amide bonds. The Morgan fingerprint density at radius 1 is 0.315 bits per heavy atom. The van der Waals surface area contributed by atoms with Gasteiger partial charge in [0.15, 0.2) is 0 Å². The molecule has 0 heterocycles. The van der Waals surface area contributed by atoms with Gasteiger partial charge in [0.25, 0.3) is 0 Å². The normalized spacial score (nSPS) is 12.6. The van der Waals surface area contributed by atoms with Crippen LogP contribution in [-0.2, 0) is 14.3 Å². The van der Waals surface area contributed by atoms with E-state index in [1.54, 1.807) is 6.08 Å². The molecule has 6 heteroatoms. The average Bonchev–Trinajstić information content (AvgIpc) is 3.67. The molecule has 0 aromatic carbocycles. The molecule has 2 atom stereocenters. The van der Waals surface area contributed by atoms with Crippen LogP contribution in [0.15, 0.2) is 36.5 Å². The van der Waals surface area contributed by atoms with E-state index < -0.39 is 12.1 Å². The van der Waals surface area contributed by atoms with Crippen molar-refractivity contribution in [1.82, 2.24) is 5.32 Å². The van der Waals surface area contributed by atoms with Crippen LogP contribution in [0.2, 0.25) is 0 Å². The molecule has 526 valence electrons. The van der Waals surface area contributed by atoms with E-state index in [0.717, 1.165) is 51.4 Å². The summed E-state index contributed by atoms with van der Waals surface area (Å²) >= 11 is 0. The van der Waals surface area contributed by atoms with Crippen molar-refractivity contribution >= 4 is 11.9 Å². The summed E-state index contributed by atoms with van der Waals surface area (Å²) in [4.78, 5) is 24.6. The molecule has 0 aliphatic heterocycles. The van der Waals surface area contributed by atoms with Crippen LogP contribution in [-0.4, -0.2) is 47.4 Å². The van der Waals surface area contributed by atoms with Crippen molar-refractivity contribution in [2.24, 2.45) is 0 Å². The highest BCUT2D eigenvalue weighted by Crippen LogP contribution is 2.20. The molecule has 0 spiro atoms. The van der Waals surface area contributed by atoms with Crippen LogP contribution >= 0.6 is 0 Å². The van der Waals surface area contributed by atoms with Gasteiger partial charge in [0.2, 0.25) is 5.91 Å². The molecule has 0 radical (unpaired) electrons. The van der Waals surface area contributed by atoms with Crippen LogP contribution in [0.5, 0.6) is 0 Å². The lowest BCUT2D eigenvalue weighted by atomic mass is 10.0. The van der Waals surface area contributed by atoms with E-state index in [4.69, 9.17) is 4.74 Å². The molecule has 0 rings (SSSR count). The molecule has 3 N–H and O–H groups in total. The Morgan fingerprint density at radius 3 is 0.865 bits per heavy atom. The van der Waals surface area contributed by atoms with Gasteiger partial charge in [-0.05, 0) is 64.2 Å². The minimum atomic E-state index is -0.841. The van der Waals surface area contributed by atoms with E-state index in [1.165, 1.54) is 379 Å². The zero-order valence-electron chi connectivity index (χ0n) is 60.4. The van der Waals surface area contributed by atoms with E-state index in [0.29, 0.717) is 19.4 Å². The molecule has 0 bridgehead atoms. The lowest BCUT2D eigenvalue weighted by Crippen LogP contribution is -2.45. The molecular formula is C83H159NO5. The Bertz CT molecular complexity index is 1440. The van der Waals surface area contributed by atoms with Gasteiger partial charge in [0.05, 0.1) is 25.4 Å². The standard InChI is InChI=1S/C83H159NO5/c1-3-5-7-9-11-13-15-17-19-21-45-49-53-57-61-65-69-73-77-83(88)89-78-74-70-66-62-58-54-50-46-42-40-38-36-34-32-30-28-26-24-22-23-25-27-29-31-33-35-37-39-41-44-48-52-56-60-64-68-72-76-82(87)84-80(79-85)81(86)75-71-67-63-59-55-51-47-43-20-18-16-14-12-10-8-6-4-2/h13,15,19,21,71,75,80-81,85-86H,3-12,14,16-18,20,22-70,72-74,76-79H2,1-2H3,(H,84,87)/b15-13-,21-19-,75-71+. The monoisotopic (exact) mass is 1250 g/mol. The summed E-state index contributed by atoms with van der Waals surface area (Å²) in [6.45, 7) is 4.93. The number of aliphatic hydroxyl groups is 2. The van der Waals surface area contributed by atoms with Crippen LogP contribution in [0.3, 0.4) is 0 Å². The number of carbonyl (C=O) groups excluding carboxylic acids is 2. The fraction of sp³-hybridized carbons (Fsp3) is 0.904. The molecule has 0 fully saturated rings. The first-order valence-electron chi connectivity index (χ1n) is 40.8. The number of aliphatic hydroxyl groups excluding tert-OH is 2. The van der Waals surface area contributed by atoms with Gasteiger partial charge in [-0.2, -0.15) is 0 Å².